The fourth-order valence-electron chi connectivity index (χ4n) is 4.81. The molecule has 4 rings (SSSR count). The van der Waals surface area contributed by atoms with Crippen LogP contribution in [0, 0.1) is 11.8 Å². The van der Waals surface area contributed by atoms with E-state index in [9.17, 15) is 0 Å². The Labute approximate surface area is 178 Å². The highest BCUT2D eigenvalue weighted by Gasteiger charge is 2.44. The van der Waals surface area contributed by atoms with Crippen molar-refractivity contribution in [1.82, 2.24) is 25.0 Å². The van der Waals surface area contributed by atoms with Gasteiger partial charge in [-0.3, -0.25) is 0 Å². The van der Waals surface area contributed by atoms with Gasteiger partial charge in [0.05, 0.1) is 24.9 Å². The van der Waals surface area contributed by atoms with Gasteiger partial charge in [0.1, 0.15) is 11.5 Å². The van der Waals surface area contributed by atoms with Crippen molar-refractivity contribution in [2.45, 2.75) is 44.9 Å². The zero-order chi connectivity index (χ0) is 21.3. The van der Waals surface area contributed by atoms with Gasteiger partial charge in [0.2, 0.25) is 5.95 Å². The number of aromatic nitrogens is 5. The van der Waals surface area contributed by atoms with E-state index in [1.165, 1.54) is 0 Å². The lowest BCUT2D eigenvalue weighted by Crippen LogP contribution is -2.37. The minimum absolute atomic E-state index is 0.136. The third-order valence-electron chi connectivity index (χ3n) is 6.42. The monoisotopic (exact) mass is 415 g/mol. The summed E-state index contributed by atoms with van der Waals surface area (Å²) in [6, 6.07) is 2.34. The predicted molar refractivity (Wildman–Crippen MR) is 115 cm³/mol. The number of rotatable bonds is 7. The van der Waals surface area contributed by atoms with Gasteiger partial charge < -0.3 is 19.3 Å². The Kier molecular flexibility index (Phi) is 6.19. The first kappa shape index (κ1) is 21.0. The summed E-state index contributed by atoms with van der Waals surface area (Å²) in [5, 5.41) is 8.61. The number of hydrogen-bond acceptors (Lipinski definition) is 8. The van der Waals surface area contributed by atoms with Crippen molar-refractivity contribution in [3.8, 4) is 0 Å². The Balaban J connectivity index is 1.53. The molecule has 0 bridgehead atoms. The first-order chi connectivity index (χ1) is 14.5. The first-order valence-corrected chi connectivity index (χ1v) is 10.7. The number of aryl methyl sites for hydroxylation is 1. The van der Waals surface area contributed by atoms with E-state index in [0.29, 0.717) is 18.4 Å². The zero-order valence-electron chi connectivity index (χ0n) is 18.7. The molecule has 0 spiro atoms. The molecule has 2 fully saturated rings. The molecule has 0 unspecified atom stereocenters. The molecule has 2 aromatic rings. The standard InChI is InChI=1S/C21H33N7O2/c1-6-16-9-20(23-21(22-16)26(2)3)27-10-14-7-18(19(30-5)8-15(14)11-27)28-12-17(13-29-4)24-25-28/h9,12,14-15,18-19H,6-8,10-11,13H2,1-5H3/t14-,15+,18-,19-/m1/s1. The van der Waals surface area contributed by atoms with Crippen LogP contribution in [0.2, 0.25) is 0 Å². The second-order valence-corrected chi connectivity index (χ2v) is 8.63. The van der Waals surface area contributed by atoms with Crippen LogP contribution in [-0.4, -0.2) is 72.5 Å². The number of fused-ring (bicyclic) bond motifs is 1. The lowest BCUT2D eigenvalue weighted by atomic mass is 9.77. The highest BCUT2D eigenvalue weighted by atomic mass is 16.5. The van der Waals surface area contributed by atoms with Crippen molar-refractivity contribution in [2.75, 3.05) is 51.2 Å². The van der Waals surface area contributed by atoms with Crippen LogP contribution in [-0.2, 0) is 22.5 Å². The molecule has 164 valence electrons. The van der Waals surface area contributed by atoms with Crippen LogP contribution in [0.25, 0.3) is 0 Å². The van der Waals surface area contributed by atoms with Crippen molar-refractivity contribution in [3.63, 3.8) is 0 Å². The van der Waals surface area contributed by atoms with Crippen LogP contribution in [0.5, 0.6) is 0 Å². The summed E-state index contributed by atoms with van der Waals surface area (Å²) >= 11 is 0. The molecule has 1 saturated carbocycles. The van der Waals surface area contributed by atoms with Crippen LogP contribution >= 0.6 is 0 Å². The van der Waals surface area contributed by atoms with Gasteiger partial charge in [0, 0.05) is 53.2 Å². The topological polar surface area (TPSA) is 81.4 Å². The van der Waals surface area contributed by atoms with E-state index >= 15 is 0 Å². The molecule has 0 aromatic carbocycles. The fraction of sp³-hybridized carbons (Fsp3) is 0.714. The van der Waals surface area contributed by atoms with Gasteiger partial charge in [-0.05, 0) is 31.1 Å². The van der Waals surface area contributed by atoms with Crippen molar-refractivity contribution < 1.29 is 9.47 Å². The minimum atomic E-state index is 0.136. The lowest BCUT2D eigenvalue weighted by molar-refractivity contribution is -0.00544. The molecule has 9 nitrogen and oxygen atoms in total. The maximum Gasteiger partial charge on any atom is 0.227 e. The van der Waals surface area contributed by atoms with E-state index in [1.54, 1.807) is 14.2 Å². The van der Waals surface area contributed by atoms with E-state index in [-0.39, 0.29) is 12.1 Å². The van der Waals surface area contributed by atoms with E-state index < -0.39 is 0 Å². The highest BCUT2D eigenvalue weighted by Crippen LogP contribution is 2.43. The Morgan fingerprint density at radius 2 is 1.87 bits per heavy atom. The van der Waals surface area contributed by atoms with Gasteiger partial charge in [-0.25, -0.2) is 9.67 Å². The van der Waals surface area contributed by atoms with Gasteiger partial charge >= 0.3 is 0 Å². The van der Waals surface area contributed by atoms with Crippen LogP contribution in [0.1, 0.15) is 37.2 Å². The van der Waals surface area contributed by atoms with Gasteiger partial charge in [-0.2, -0.15) is 4.98 Å². The summed E-state index contributed by atoms with van der Waals surface area (Å²) in [4.78, 5) is 13.9. The third-order valence-corrected chi connectivity index (χ3v) is 6.42. The van der Waals surface area contributed by atoms with Gasteiger partial charge in [-0.1, -0.05) is 12.1 Å². The quantitative estimate of drug-likeness (QED) is 0.679. The van der Waals surface area contributed by atoms with Crippen molar-refractivity contribution in [3.05, 3.63) is 23.7 Å². The molecule has 0 N–H and O–H groups in total. The summed E-state index contributed by atoms with van der Waals surface area (Å²) in [5.41, 5.74) is 1.94. The maximum atomic E-state index is 5.89. The largest absolute Gasteiger partial charge is 0.379 e. The molecular weight excluding hydrogens is 382 g/mol. The van der Waals surface area contributed by atoms with E-state index in [4.69, 9.17) is 14.5 Å². The second kappa shape index (κ2) is 8.85. The summed E-state index contributed by atoms with van der Waals surface area (Å²) < 4.78 is 13.1. The number of anilines is 2. The summed E-state index contributed by atoms with van der Waals surface area (Å²) in [6.07, 6.45) is 5.09. The molecule has 3 heterocycles. The molecule has 1 saturated heterocycles. The van der Waals surface area contributed by atoms with E-state index in [0.717, 1.165) is 55.5 Å². The van der Waals surface area contributed by atoms with Crippen molar-refractivity contribution in [1.29, 1.82) is 0 Å². The molecule has 9 heteroatoms. The molecule has 1 aliphatic carbocycles. The minimum Gasteiger partial charge on any atom is -0.379 e. The van der Waals surface area contributed by atoms with Crippen LogP contribution in [0.3, 0.4) is 0 Å². The van der Waals surface area contributed by atoms with Crippen molar-refractivity contribution >= 4 is 11.8 Å². The average molecular weight is 416 g/mol. The normalized spacial score (nSPS) is 26.1. The van der Waals surface area contributed by atoms with E-state index in [1.807, 2.05) is 29.9 Å². The second-order valence-electron chi connectivity index (χ2n) is 8.63. The number of nitrogens with zero attached hydrogens (tertiary/aromatic N) is 7. The number of ether oxygens (including phenoxy) is 2. The highest BCUT2D eigenvalue weighted by molar-refractivity contribution is 5.47. The molecule has 0 radical (unpaired) electrons. The smallest absolute Gasteiger partial charge is 0.227 e. The summed E-state index contributed by atoms with van der Waals surface area (Å²) in [6.45, 7) is 4.63. The fourth-order valence-corrected chi connectivity index (χ4v) is 4.81. The van der Waals surface area contributed by atoms with Gasteiger partial charge in [-0.15, -0.1) is 5.10 Å². The molecule has 1 aliphatic heterocycles. The Hall–Kier alpha value is -2.26. The summed E-state index contributed by atoms with van der Waals surface area (Å²) in [5.74, 6) is 2.99. The molecule has 0 amide bonds. The van der Waals surface area contributed by atoms with Crippen LogP contribution < -0.4 is 9.80 Å². The molecule has 30 heavy (non-hydrogen) atoms. The molecule has 2 aromatic heterocycles. The predicted octanol–water partition coefficient (Wildman–Crippen LogP) is 1.95. The maximum absolute atomic E-state index is 5.89. The lowest BCUT2D eigenvalue weighted by Gasteiger charge is -2.36. The molecular formula is C21H33N7O2. The average Bonchev–Trinajstić information content (AvgIpc) is 3.39. The van der Waals surface area contributed by atoms with E-state index in [2.05, 4.69) is 33.2 Å². The Morgan fingerprint density at radius 3 is 2.53 bits per heavy atom. The SMILES string of the molecule is CCc1cc(N2C[C@H]3C[C@@H](n4cc(COC)nn4)[C@H](OC)C[C@H]3C2)nc(N(C)C)n1. The first-order valence-electron chi connectivity index (χ1n) is 10.7. The zero-order valence-corrected chi connectivity index (χ0v) is 18.7. The third kappa shape index (κ3) is 4.13. The molecule has 4 atom stereocenters. The van der Waals surface area contributed by atoms with Gasteiger partial charge in [0.25, 0.3) is 0 Å². The Morgan fingerprint density at radius 1 is 1.10 bits per heavy atom. The van der Waals surface area contributed by atoms with Gasteiger partial charge in [0.15, 0.2) is 0 Å². The summed E-state index contributed by atoms with van der Waals surface area (Å²) in [7, 11) is 7.46. The van der Waals surface area contributed by atoms with Crippen molar-refractivity contribution in [2.24, 2.45) is 11.8 Å². The molecule has 2 aliphatic rings. The van der Waals surface area contributed by atoms with Crippen LogP contribution in [0.4, 0.5) is 11.8 Å². The number of hydrogen-bond donors (Lipinski definition) is 0. The number of methoxy groups -OCH3 is 2. The van der Waals surface area contributed by atoms with Crippen LogP contribution in [0.15, 0.2) is 12.3 Å². The Bertz CT molecular complexity index is 856.